The van der Waals surface area contributed by atoms with Crippen LogP contribution >= 0.6 is 0 Å². The third-order valence-electron chi connectivity index (χ3n) is 6.87. The van der Waals surface area contributed by atoms with E-state index in [9.17, 15) is 14.4 Å². The van der Waals surface area contributed by atoms with Crippen LogP contribution < -0.4 is 15.6 Å². The van der Waals surface area contributed by atoms with Crippen LogP contribution in [-0.2, 0) is 13.6 Å². The summed E-state index contributed by atoms with van der Waals surface area (Å²) in [4.78, 5) is 42.1. The topological polar surface area (TPSA) is 106 Å². The molecule has 1 fully saturated rings. The lowest BCUT2D eigenvalue weighted by Gasteiger charge is -2.31. The van der Waals surface area contributed by atoms with Crippen molar-refractivity contribution in [3.8, 4) is 5.75 Å². The van der Waals surface area contributed by atoms with E-state index in [1.54, 1.807) is 42.8 Å². The Balaban J connectivity index is 1.68. The van der Waals surface area contributed by atoms with E-state index in [0.29, 0.717) is 34.4 Å². The largest absolute Gasteiger partial charge is 0.491 e. The van der Waals surface area contributed by atoms with Crippen LogP contribution in [0.1, 0.15) is 46.3 Å². The van der Waals surface area contributed by atoms with E-state index >= 15 is 0 Å². The SMILES string of the molecule is CCOc1c(C(=O)NC2CCN(CCO)CC2)n(C)c2cc(C)n(CC(=O)c3ccccc3)c(=O)c12. The van der Waals surface area contributed by atoms with Gasteiger partial charge in [0.05, 0.1) is 25.3 Å². The van der Waals surface area contributed by atoms with Gasteiger partial charge in [-0.1, -0.05) is 30.3 Å². The first-order valence-electron chi connectivity index (χ1n) is 12.4. The van der Waals surface area contributed by atoms with Gasteiger partial charge in [-0.05, 0) is 32.8 Å². The number of hydrogen-bond donors (Lipinski definition) is 2. The van der Waals surface area contributed by atoms with Crippen molar-refractivity contribution in [1.82, 2.24) is 19.4 Å². The predicted molar refractivity (Wildman–Crippen MR) is 138 cm³/mol. The molecule has 192 valence electrons. The monoisotopic (exact) mass is 494 g/mol. The van der Waals surface area contributed by atoms with Crippen LogP contribution in [-0.4, -0.2) is 69.7 Å². The number of Topliss-reactive ketones (excluding diaryl/α,β-unsaturated/α-hetero) is 1. The van der Waals surface area contributed by atoms with Gasteiger partial charge in [-0.2, -0.15) is 0 Å². The summed E-state index contributed by atoms with van der Waals surface area (Å²) in [7, 11) is 1.75. The molecule has 1 aromatic carbocycles. The van der Waals surface area contributed by atoms with Crippen molar-refractivity contribution in [3.63, 3.8) is 0 Å². The van der Waals surface area contributed by atoms with Gasteiger partial charge in [-0.3, -0.25) is 14.4 Å². The van der Waals surface area contributed by atoms with Crippen LogP contribution in [0.25, 0.3) is 10.9 Å². The first-order chi connectivity index (χ1) is 17.3. The molecule has 1 aliphatic rings. The van der Waals surface area contributed by atoms with Gasteiger partial charge in [0.25, 0.3) is 11.5 Å². The number of aliphatic hydroxyl groups is 1. The molecule has 36 heavy (non-hydrogen) atoms. The van der Waals surface area contributed by atoms with Gasteiger partial charge in [0.15, 0.2) is 17.2 Å². The molecule has 1 saturated heterocycles. The summed E-state index contributed by atoms with van der Waals surface area (Å²) in [6, 6.07) is 10.7. The number of rotatable bonds is 9. The molecule has 0 unspecified atom stereocenters. The van der Waals surface area contributed by atoms with E-state index in [-0.39, 0.29) is 48.8 Å². The molecule has 0 spiro atoms. The van der Waals surface area contributed by atoms with Crippen molar-refractivity contribution in [2.24, 2.45) is 7.05 Å². The van der Waals surface area contributed by atoms with Gasteiger partial charge in [0.2, 0.25) is 0 Å². The predicted octanol–water partition coefficient (Wildman–Crippen LogP) is 2.12. The van der Waals surface area contributed by atoms with Crippen LogP contribution in [0.15, 0.2) is 41.2 Å². The quantitative estimate of drug-likeness (QED) is 0.442. The van der Waals surface area contributed by atoms with Gasteiger partial charge < -0.3 is 29.2 Å². The molecular weight excluding hydrogens is 460 g/mol. The second-order valence-corrected chi connectivity index (χ2v) is 9.21. The molecule has 3 heterocycles. The zero-order valence-corrected chi connectivity index (χ0v) is 21.1. The highest BCUT2D eigenvalue weighted by Gasteiger charge is 2.29. The molecule has 9 heteroatoms. The first kappa shape index (κ1) is 25.7. The number of piperidine rings is 1. The van der Waals surface area contributed by atoms with Crippen molar-refractivity contribution in [2.75, 3.05) is 32.8 Å². The summed E-state index contributed by atoms with van der Waals surface area (Å²) in [5, 5.41) is 12.6. The summed E-state index contributed by atoms with van der Waals surface area (Å²) >= 11 is 0. The first-order valence-corrected chi connectivity index (χ1v) is 12.4. The molecule has 1 amide bonds. The molecular formula is C27H34N4O5. The van der Waals surface area contributed by atoms with E-state index in [1.807, 2.05) is 19.1 Å². The Bertz CT molecular complexity index is 1300. The number of fused-ring (bicyclic) bond motifs is 1. The van der Waals surface area contributed by atoms with Crippen LogP contribution in [0.4, 0.5) is 0 Å². The zero-order chi connectivity index (χ0) is 25.8. The lowest BCUT2D eigenvalue weighted by molar-refractivity contribution is 0.0890. The smallest absolute Gasteiger partial charge is 0.272 e. The standard InChI is InChI=1S/C27H34N4O5/c1-4-36-25-23-21(16-18(2)31(27(23)35)17-22(33)19-8-6-5-7-9-19)29(3)24(25)26(34)28-20-10-12-30(13-11-20)14-15-32/h5-9,16,20,32H,4,10-15,17H2,1-3H3,(H,28,34). The minimum absolute atomic E-state index is 0.00168. The number of amides is 1. The molecule has 3 aromatic rings. The van der Waals surface area contributed by atoms with E-state index in [2.05, 4.69) is 10.2 Å². The fourth-order valence-corrected chi connectivity index (χ4v) is 4.91. The third-order valence-corrected chi connectivity index (χ3v) is 6.87. The van der Waals surface area contributed by atoms with E-state index in [1.165, 1.54) is 4.57 Å². The second-order valence-electron chi connectivity index (χ2n) is 9.21. The number of carbonyl (C=O) groups excluding carboxylic acids is 2. The Morgan fingerprint density at radius 2 is 1.86 bits per heavy atom. The molecule has 2 aromatic heterocycles. The number of nitrogens with one attached hydrogen (secondary N) is 1. The van der Waals surface area contributed by atoms with Crippen LogP contribution in [0, 0.1) is 6.92 Å². The number of benzene rings is 1. The molecule has 0 saturated carbocycles. The number of aryl methyl sites for hydroxylation is 2. The molecule has 0 radical (unpaired) electrons. The summed E-state index contributed by atoms with van der Waals surface area (Å²) in [5.74, 6) is -0.211. The van der Waals surface area contributed by atoms with Gasteiger partial charge in [-0.15, -0.1) is 0 Å². The number of ketones is 1. The number of pyridine rings is 1. The normalized spacial score (nSPS) is 14.8. The van der Waals surface area contributed by atoms with Gasteiger partial charge in [0.1, 0.15) is 5.39 Å². The van der Waals surface area contributed by atoms with Gasteiger partial charge in [0, 0.05) is 44.0 Å². The fourth-order valence-electron chi connectivity index (χ4n) is 4.91. The molecule has 2 N–H and O–H groups in total. The maximum Gasteiger partial charge on any atom is 0.272 e. The lowest BCUT2D eigenvalue weighted by Crippen LogP contribution is -2.45. The minimum atomic E-state index is -0.357. The average Bonchev–Trinajstić information content (AvgIpc) is 3.14. The minimum Gasteiger partial charge on any atom is -0.491 e. The number of hydrogen-bond acceptors (Lipinski definition) is 6. The Morgan fingerprint density at radius 1 is 1.17 bits per heavy atom. The van der Waals surface area contributed by atoms with Gasteiger partial charge in [-0.25, -0.2) is 0 Å². The van der Waals surface area contributed by atoms with E-state index in [4.69, 9.17) is 9.84 Å². The molecule has 9 nitrogen and oxygen atoms in total. The number of likely N-dealkylation sites (tertiary alicyclic amines) is 1. The lowest BCUT2D eigenvalue weighted by atomic mass is 10.0. The Hall–Kier alpha value is -3.43. The summed E-state index contributed by atoms with van der Waals surface area (Å²) in [6.45, 7) is 6.15. The van der Waals surface area contributed by atoms with E-state index in [0.717, 1.165) is 25.9 Å². The van der Waals surface area contributed by atoms with Crippen molar-refractivity contribution in [2.45, 2.75) is 39.3 Å². The second kappa shape index (κ2) is 11.1. The van der Waals surface area contributed by atoms with Crippen molar-refractivity contribution in [1.29, 1.82) is 0 Å². The molecule has 0 aliphatic carbocycles. The highest BCUT2D eigenvalue weighted by Crippen LogP contribution is 2.31. The summed E-state index contributed by atoms with van der Waals surface area (Å²) in [5.41, 5.74) is 1.70. The zero-order valence-electron chi connectivity index (χ0n) is 21.1. The van der Waals surface area contributed by atoms with Crippen LogP contribution in [0.2, 0.25) is 0 Å². The van der Waals surface area contributed by atoms with Crippen molar-refractivity contribution in [3.05, 3.63) is 63.7 Å². The van der Waals surface area contributed by atoms with Crippen molar-refractivity contribution < 1.29 is 19.4 Å². The fraction of sp³-hybridized carbons (Fsp3) is 0.444. The van der Waals surface area contributed by atoms with Crippen molar-refractivity contribution >= 4 is 22.6 Å². The summed E-state index contributed by atoms with van der Waals surface area (Å²) in [6.07, 6.45) is 1.57. The Labute approximate surface area is 210 Å². The van der Waals surface area contributed by atoms with Crippen LogP contribution in [0.5, 0.6) is 5.75 Å². The van der Waals surface area contributed by atoms with Gasteiger partial charge >= 0.3 is 0 Å². The summed E-state index contributed by atoms with van der Waals surface area (Å²) < 4.78 is 9.03. The maximum absolute atomic E-state index is 13.6. The van der Waals surface area contributed by atoms with E-state index < -0.39 is 0 Å². The van der Waals surface area contributed by atoms with Crippen LogP contribution in [0.3, 0.4) is 0 Å². The number of aliphatic hydroxyl groups excluding tert-OH is 1. The highest BCUT2D eigenvalue weighted by molar-refractivity contribution is 6.04. The molecule has 4 rings (SSSR count). The highest BCUT2D eigenvalue weighted by atomic mass is 16.5. The number of aromatic nitrogens is 2. The number of carbonyl (C=O) groups is 2. The average molecular weight is 495 g/mol. The Morgan fingerprint density at radius 3 is 2.50 bits per heavy atom. The number of ether oxygens (including phenoxy) is 1. The third kappa shape index (κ3) is 5.08. The molecule has 0 atom stereocenters. The molecule has 0 bridgehead atoms. The number of nitrogens with zero attached hydrogens (tertiary/aromatic N) is 3. The maximum atomic E-state index is 13.6. The molecule has 1 aliphatic heterocycles. The Kier molecular flexibility index (Phi) is 7.91. The number of β-amino-alcohol motifs (C(OH)–C–C–N with tert-alkyl or cyclic N) is 1.